The van der Waals surface area contributed by atoms with Gasteiger partial charge in [0, 0.05) is 29.2 Å². The van der Waals surface area contributed by atoms with Crippen LogP contribution < -0.4 is 10.6 Å². The van der Waals surface area contributed by atoms with Crippen LogP contribution in [0.2, 0.25) is 5.02 Å². The maximum absolute atomic E-state index is 13.5. The lowest BCUT2D eigenvalue weighted by molar-refractivity contribution is -0.126. The van der Waals surface area contributed by atoms with E-state index in [1.54, 1.807) is 23.5 Å². The van der Waals surface area contributed by atoms with Crippen molar-refractivity contribution >= 4 is 50.6 Å². The molecule has 2 aliphatic heterocycles. The average molecular weight is 458 g/mol. The summed E-state index contributed by atoms with van der Waals surface area (Å²) in [4.78, 5) is 25.4. The fraction of sp³-hybridized carbons (Fsp3) is 0.318. The molecule has 0 unspecified atom stereocenters. The summed E-state index contributed by atoms with van der Waals surface area (Å²) >= 11 is 7.50. The fourth-order valence-corrected chi connectivity index (χ4v) is 5.48. The predicted molar refractivity (Wildman–Crippen MR) is 121 cm³/mol. The molecule has 4 heterocycles. The van der Waals surface area contributed by atoms with E-state index in [1.807, 2.05) is 11.0 Å². The second kappa shape index (κ2) is 8.53. The van der Waals surface area contributed by atoms with Gasteiger partial charge in [0.15, 0.2) is 0 Å². The third kappa shape index (κ3) is 4.15. The molecule has 0 aliphatic carbocycles. The van der Waals surface area contributed by atoms with E-state index in [9.17, 15) is 9.18 Å². The number of rotatable bonds is 4. The average Bonchev–Trinajstić information content (AvgIpc) is 3.42. The second-order valence-electron chi connectivity index (χ2n) is 7.73. The van der Waals surface area contributed by atoms with Crippen molar-refractivity contribution in [3.63, 3.8) is 0 Å². The molecule has 2 aromatic heterocycles. The molecule has 3 aromatic rings. The number of anilines is 2. The number of halogens is 2. The van der Waals surface area contributed by atoms with Crippen molar-refractivity contribution in [1.29, 1.82) is 0 Å². The molecule has 1 atom stereocenters. The van der Waals surface area contributed by atoms with Gasteiger partial charge in [0.1, 0.15) is 22.8 Å². The molecule has 1 fully saturated rings. The lowest BCUT2D eigenvalue weighted by atomic mass is 10.0. The molecule has 6 nitrogen and oxygen atoms in total. The van der Waals surface area contributed by atoms with Gasteiger partial charge in [0.05, 0.1) is 17.0 Å². The molecular weight excluding hydrogens is 437 g/mol. The molecule has 2 aliphatic rings. The van der Waals surface area contributed by atoms with Crippen LogP contribution in [0, 0.1) is 5.82 Å². The van der Waals surface area contributed by atoms with Gasteiger partial charge >= 0.3 is 0 Å². The van der Waals surface area contributed by atoms with Gasteiger partial charge < -0.3 is 15.5 Å². The Morgan fingerprint density at radius 3 is 3.10 bits per heavy atom. The Morgan fingerprint density at radius 2 is 2.29 bits per heavy atom. The summed E-state index contributed by atoms with van der Waals surface area (Å²) in [5, 5.41) is 7.63. The highest BCUT2D eigenvalue weighted by molar-refractivity contribution is 7.19. The van der Waals surface area contributed by atoms with Gasteiger partial charge in [0.25, 0.3) is 0 Å². The summed E-state index contributed by atoms with van der Waals surface area (Å²) in [6, 6.07) is 4.79. The Bertz CT molecular complexity index is 1170. The molecular formula is C22H21ClFN5OS. The Balaban J connectivity index is 1.38. The quantitative estimate of drug-likeness (QED) is 0.567. The number of carbonyl (C=O) groups excluding carboxylic acids is 1. The van der Waals surface area contributed by atoms with E-state index in [0.717, 1.165) is 40.9 Å². The monoisotopic (exact) mass is 457 g/mol. The molecule has 2 N–H and O–H groups in total. The Kier molecular flexibility index (Phi) is 5.60. The maximum Gasteiger partial charge on any atom is 0.246 e. The Labute approximate surface area is 188 Å². The van der Waals surface area contributed by atoms with E-state index in [4.69, 9.17) is 11.6 Å². The number of hydrogen-bond donors (Lipinski definition) is 2. The molecule has 31 heavy (non-hydrogen) atoms. The highest BCUT2D eigenvalue weighted by Crippen LogP contribution is 2.38. The number of aromatic nitrogens is 2. The van der Waals surface area contributed by atoms with Crippen molar-refractivity contribution in [2.75, 3.05) is 18.4 Å². The third-order valence-electron chi connectivity index (χ3n) is 5.70. The van der Waals surface area contributed by atoms with Crippen LogP contribution in [-0.2, 0) is 17.8 Å². The maximum atomic E-state index is 13.5. The van der Waals surface area contributed by atoms with Gasteiger partial charge in [-0.05, 0) is 49.6 Å². The molecule has 0 radical (unpaired) electrons. The van der Waals surface area contributed by atoms with E-state index in [1.165, 1.54) is 24.0 Å². The summed E-state index contributed by atoms with van der Waals surface area (Å²) in [5.74, 6) is 0.245. The van der Waals surface area contributed by atoms with Crippen molar-refractivity contribution < 1.29 is 9.18 Å². The third-order valence-corrected chi connectivity index (χ3v) is 7.11. The Hall–Kier alpha value is -2.55. The molecule has 160 valence electrons. The molecule has 1 saturated heterocycles. The zero-order chi connectivity index (χ0) is 21.4. The summed E-state index contributed by atoms with van der Waals surface area (Å²) < 4.78 is 13.5. The van der Waals surface area contributed by atoms with Crippen molar-refractivity contribution in [1.82, 2.24) is 20.2 Å². The summed E-state index contributed by atoms with van der Waals surface area (Å²) in [7, 11) is 0. The molecule has 0 saturated carbocycles. The number of nitrogens with zero attached hydrogens (tertiary/aromatic N) is 3. The van der Waals surface area contributed by atoms with E-state index in [-0.39, 0.29) is 10.9 Å². The van der Waals surface area contributed by atoms with Crippen LogP contribution >= 0.6 is 22.9 Å². The van der Waals surface area contributed by atoms with Crippen LogP contribution in [0.1, 0.15) is 23.3 Å². The molecule has 5 rings (SSSR count). The van der Waals surface area contributed by atoms with E-state index < -0.39 is 5.82 Å². The molecule has 1 amide bonds. The first-order chi connectivity index (χ1) is 15.1. The largest absolute Gasteiger partial charge is 0.340 e. The van der Waals surface area contributed by atoms with Gasteiger partial charge in [-0.3, -0.25) is 4.79 Å². The number of carbonyl (C=O) groups is 1. The number of amides is 1. The summed E-state index contributed by atoms with van der Waals surface area (Å²) in [5.41, 5.74) is 1.83. The van der Waals surface area contributed by atoms with Crippen molar-refractivity contribution in [2.24, 2.45) is 0 Å². The van der Waals surface area contributed by atoms with Crippen LogP contribution in [-0.4, -0.2) is 39.9 Å². The first kappa shape index (κ1) is 20.4. The van der Waals surface area contributed by atoms with Crippen LogP contribution in [0.3, 0.4) is 0 Å². The van der Waals surface area contributed by atoms with Crippen LogP contribution in [0.25, 0.3) is 10.2 Å². The van der Waals surface area contributed by atoms with Crippen LogP contribution in [0.15, 0.2) is 36.7 Å². The SMILES string of the molecule is O=C(C=C[C@@H]1CCCN1)N1CCc2c(sc3ncnc(Nc4ccc(F)c(Cl)c4)c23)C1. The second-order valence-corrected chi connectivity index (χ2v) is 9.22. The fourth-order valence-electron chi connectivity index (χ4n) is 4.10. The minimum absolute atomic E-state index is 0.0437. The first-order valence-electron chi connectivity index (χ1n) is 10.3. The summed E-state index contributed by atoms with van der Waals surface area (Å²) in [6.07, 6.45) is 8.17. The predicted octanol–water partition coefficient (Wildman–Crippen LogP) is 4.42. The summed E-state index contributed by atoms with van der Waals surface area (Å²) in [6.45, 7) is 2.23. The lowest BCUT2D eigenvalue weighted by Crippen LogP contribution is -2.34. The molecule has 0 bridgehead atoms. The number of nitrogens with one attached hydrogen (secondary N) is 2. The Morgan fingerprint density at radius 1 is 1.39 bits per heavy atom. The van der Waals surface area contributed by atoms with Gasteiger partial charge in [-0.1, -0.05) is 17.7 Å². The van der Waals surface area contributed by atoms with Crippen LogP contribution in [0.5, 0.6) is 0 Å². The first-order valence-corrected chi connectivity index (χ1v) is 11.5. The topological polar surface area (TPSA) is 70.2 Å². The number of fused-ring (bicyclic) bond motifs is 3. The van der Waals surface area contributed by atoms with Crippen LogP contribution in [0.4, 0.5) is 15.9 Å². The number of thiophene rings is 1. The van der Waals surface area contributed by atoms with Crippen molar-refractivity contribution in [3.8, 4) is 0 Å². The van der Waals surface area contributed by atoms with Gasteiger partial charge in [0.2, 0.25) is 5.91 Å². The van der Waals surface area contributed by atoms with Gasteiger partial charge in [-0.15, -0.1) is 11.3 Å². The number of benzene rings is 1. The van der Waals surface area contributed by atoms with Crippen molar-refractivity contribution in [2.45, 2.75) is 31.8 Å². The van der Waals surface area contributed by atoms with Crippen molar-refractivity contribution in [3.05, 3.63) is 58.0 Å². The normalized spacial score (nSPS) is 18.6. The zero-order valence-electron chi connectivity index (χ0n) is 16.7. The molecule has 0 spiro atoms. The smallest absolute Gasteiger partial charge is 0.246 e. The van der Waals surface area contributed by atoms with Gasteiger partial charge in [-0.25, -0.2) is 14.4 Å². The molecule has 9 heteroatoms. The standard InChI is InChI=1S/C22H21ClFN5OS/c23-16-10-14(3-5-17(16)24)28-21-20-15-7-9-29(11-18(15)31-22(20)27-12-26-21)19(30)6-4-13-2-1-8-25-13/h3-6,10,12-13,25H,1-2,7-9,11H2,(H,26,27,28)/t13-/m0/s1. The van der Waals surface area contributed by atoms with Gasteiger partial charge in [-0.2, -0.15) is 0 Å². The minimum atomic E-state index is -0.463. The lowest BCUT2D eigenvalue weighted by Gasteiger charge is -2.26. The van der Waals surface area contributed by atoms with E-state index >= 15 is 0 Å². The van der Waals surface area contributed by atoms with E-state index in [2.05, 4.69) is 20.6 Å². The minimum Gasteiger partial charge on any atom is -0.340 e. The molecule has 1 aromatic carbocycles. The highest BCUT2D eigenvalue weighted by Gasteiger charge is 2.26. The zero-order valence-corrected chi connectivity index (χ0v) is 18.3. The van der Waals surface area contributed by atoms with E-state index in [0.29, 0.717) is 30.6 Å². The highest BCUT2D eigenvalue weighted by atomic mass is 35.5. The number of hydrogen-bond acceptors (Lipinski definition) is 6.